The minimum Gasteiger partial charge on any atom is -0.234 e. The van der Waals surface area contributed by atoms with Gasteiger partial charge >= 0.3 is 0 Å². The molecule has 0 aliphatic carbocycles. The summed E-state index contributed by atoms with van der Waals surface area (Å²) in [5, 5.41) is 0. The lowest BCUT2D eigenvalue weighted by molar-refractivity contribution is -0.704. The highest BCUT2D eigenvalue weighted by atomic mass is 15.1. The molecule has 0 spiro atoms. The molecule has 1 aromatic rings. The standard InChI is InChI=1S/C53H105N2/c1-4-7-10-13-16-19-22-25-28-29-30-33-36-39-42-45-48-53-54(49-46-43-40-37-34-31-26-23-20-17-14-11-8-5-2)51-52-55(53)50-47-44-41-38-35-32-27-24-21-18-15-12-9-6-3/h51-52H,4-50H2,1-3H3/q+1. The van der Waals surface area contributed by atoms with Gasteiger partial charge in [0.15, 0.2) is 0 Å². The van der Waals surface area contributed by atoms with Gasteiger partial charge in [-0.15, -0.1) is 0 Å². The molecule has 0 N–H and O–H groups in total. The van der Waals surface area contributed by atoms with E-state index in [4.69, 9.17) is 0 Å². The molecule has 2 nitrogen and oxygen atoms in total. The molecule has 0 amide bonds. The van der Waals surface area contributed by atoms with Gasteiger partial charge in [0.2, 0.25) is 0 Å². The molecule has 0 aromatic carbocycles. The zero-order chi connectivity index (χ0) is 39.4. The van der Waals surface area contributed by atoms with E-state index in [2.05, 4.69) is 42.3 Å². The average molecular weight is 770 g/mol. The number of unbranched alkanes of at least 4 members (excludes halogenated alkanes) is 41. The molecule has 0 aliphatic rings. The van der Waals surface area contributed by atoms with Crippen LogP contribution in [0.4, 0.5) is 0 Å². The highest BCUT2D eigenvalue weighted by molar-refractivity contribution is 4.84. The first-order valence-electron chi connectivity index (χ1n) is 26.4. The molecule has 0 atom stereocenters. The van der Waals surface area contributed by atoms with Crippen LogP contribution < -0.4 is 4.57 Å². The van der Waals surface area contributed by atoms with Crippen LogP contribution in [0.25, 0.3) is 0 Å². The monoisotopic (exact) mass is 770 g/mol. The zero-order valence-corrected chi connectivity index (χ0v) is 38.8. The lowest BCUT2D eigenvalue weighted by Crippen LogP contribution is -2.37. The molecule has 0 saturated heterocycles. The molecule has 0 bridgehead atoms. The maximum atomic E-state index is 2.66. The van der Waals surface area contributed by atoms with E-state index in [1.54, 1.807) is 5.82 Å². The SMILES string of the molecule is CCCCCCCCCCCCCCCCCCc1n(CCCCCCCCCCCCCCCC)cc[n+]1CCCCCCCCCCCCCCCC. The van der Waals surface area contributed by atoms with Crippen LogP contribution in [0, 0.1) is 0 Å². The van der Waals surface area contributed by atoms with E-state index in [-0.39, 0.29) is 0 Å². The molecule has 55 heavy (non-hydrogen) atoms. The van der Waals surface area contributed by atoms with Crippen LogP contribution in [0.15, 0.2) is 12.4 Å². The molecule has 1 heterocycles. The molecule has 0 aliphatic heterocycles. The Hall–Kier alpha value is -0.790. The first kappa shape index (κ1) is 52.2. The van der Waals surface area contributed by atoms with E-state index in [0.29, 0.717) is 0 Å². The summed E-state index contributed by atoms with van der Waals surface area (Å²) in [6.07, 6.45) is 69.8. The maximum Gasteiger partial charge on any atom is 0.256 e. The molecule has 1 rings (SSSR count). The molecule has 1 aromatic heterocycles. The fourth-order valence-corrected chi connectivity index (χ4v) is 8.98. The van der Waals surface area contributed by atoms with Crippen molar-refractivity contribution in [3.63, 3.8) is 0 Å². The smallest absolute Gasteiger partial charge is 0.234 e. The van der Waals surface area contributed by atoms with Crippen LogP contribution in [0.2, 0.25) is 0 Å². The van der Waals surface area contributed by atoms with Gasteiger partial charge in [0.25, 0.3) is 5.82 Å². The van der Waals surface area contributed by atoms with Crippen LogP contribution >= 0.6 is 0 Å². The molecule has 0 fully saturated rings. The Morgan fingerprint density at radius 3 is 0.873 bits per heavy atom. The summed E-state index contributed by atoms with van der Waals surface area (Å²) in [4.78, 5) is 0. The van der Waals surface area contributed by atoms with E-state index in [1.807, 2.05) is 0 Å². The van der Waals surface area contributed by atoms with Gasteiger partial charge < -0.3 is 0 Å². The molecule has 0 saturated carbocycles. The molecule has 326 valence electrons. The van der Waals surface area contributed by atoms with Crippen molar-refractivity contribution < 1.29 is 4.57 Å². The van der Waals surface area contributed by atoms with Crippen molar-refractivity contribution in [1.82, 2.24) is 4.57 Å². The second-order valence-corrected chi connectivity index (χ2v) is 18.3. The summed E-state index contributed by atoms with van der Waals surface area (Å²) in [5.74, 6) is 1.63. The highest BCUT2D eigenvalue weighted by Crippen LogP contribution is 2.17. The second-order valence-electron chi connectivity index (χ2n) is 18.3. The molecular weight excluding hydrogens is 665 g/mol. The highest BCUT2D eigenvalue weighted by Gasteiger charge is 2.16. The summed E-state index contributed by atoms with van der Waals surface area (Å²) in [6, 6.07) is 0. The Balaban J connectivity index is 2.25. The van der Waals surface area contributed by atoms with Gasteiger partial charge in [-0.05, 0) is 32.1 Å². The lowest BCUT2D eigenvalue weighted by Gasteiger charge is -2.07. The second kappa shape index (κ2) is 44.3. The number of imidazole rings is 1. The molecule has 2 heteroatoms. The Kier molecular flexibility index (Phi) is 42.1. The topological polar surface area (TPSA) is 8.81 Å². The summed E-state index contributed by atoms with van der Waals surface area (Å²) in [5.41, 5.74) is 0. The van der Waals surface area contributed by atoms with Gasteiger partial charge in [-0.2, -0.15) is 0 Å². The van der Waals surface area contributed by atoms with Crippen molar-refractivity contribution in [2.45, 2.75) is 323 Å². The van der Waals surface area contributed by atoms with Crippen LogP contribution in [-0.2, 0) is 19.5 Å². The van der Waals surface area contributed by atoms with Gasteiger partial charge in [-0.25, -0.2) is 9.13 Å². The third-order valence-corrected chi connectivity index (χ3v) is 12.8. The summed E-state index contributed by atoms with van der Waals surface area (Å²) < 4.78 is 5.32. The quantitative estimate of drug-likeness (QED) is 0.0461. The normalized spacial score (nSPS) is 11.7. The number of aryl methyl sites for hydroxylation is 2. The van der Waals surface area contributed by atoms with Gasteiger partial charge in [-0.1, -0.05) is 271 Å². The third kappa shape index (κ3) is 36.1. The zero-order valence-electron chi connectivity index (χ0n) is 38.8. The van der Waals surface area contributed by atoms with Crippen molar-refractivity contribution in [1.29, 1.82) is 0 Å². The van der Waals surface area contributed by atoms with Crippen LogP contribution in [-0.4, -0.2) is 4.57 Å². The van der Waals surface area contributed by atoms with E-state index >= 15 is 0 Å². The van der Waals surface area contributed by atoms with E-state index in [0.717, 1.165) is 0 Å². The van der Waals surface area contributed by atoms with Gasteiger partial charge in [0.05, 0.1) is 13.1 Å². The molecule has 0 radical (unpaired) electrons. The fraction of sp³-hybridized carbons (Fsp3) is 0.943. The minimum atomic E-state index is 1.23. The van der Waals surface area contributed by atoms with Crippen LogP contribution in [0.1, 0.15) is 309 Å². The Labute approximate surface area is 349 Å². The Morgan fingerprint density at radius 1 is 0.309 bits per heavy atom. The Bertz CT molecular complexity index is 792. The van der Waals surface area contributed by atoms with Crippen molar-refractivity contribution in [2.75, 3.05) is 0 Å². The number of hydrogen-bond acceptors (Lipinski definition) is 0. The number of rotatable bonds is 47. The Morgan fingerprint density at radius 2 is 0.564 bits per heavy atom. The van der Waals surface area contributed by atoms with Crippen molar-refractivity contribution in [3.05, 3.63) is 18.2 Å². The first-order chi connectivity index (χ1) is 27.3. The summed E-state index contributed by atoms with van der Waals surface area (Å²) in [6.45, 7) is 9.42. The number of nitrogens with zero attached hydrogens (tertiary/aromatic N) is 2. The first-order valence-corrected chi connectivity index (χ1v) is 26.4. The van der Waals surface area contributed by atoms with E-state index < -0.39 is 0 Å². The van der Waals surface area contributed by atoms with Crippen molar-refractivity contribution in [2.24, 2.45) is 0 Å². The minimum absolute atomic E-state index is 1.23. The van der Waals surface area contributed by atoms with Crippen molar-refractivity contribution >= 4 is 0 Å². The summed E-state index contributed by atoms with van der Waals surface area (Å²) >= 11 is 0. The van der Waals surface area contributed by atoms with E-state index in [9.17, 15) is 0 Å². The van der Waals surface area contributed by atoms with E-state index in [1.165, 1.54) is 302 Å². The fourth-order valence-electron chi connectivity index (χ4n) is 8.98. The van der Waals surface area contributed by atoms with Crippen molar-refractivity contribution in [3.8, 4) is 0 Å². The molecular formula is C53H105N2+. The van der Waals surface area contributed by atoms with Gasteiger partial charge in [-0.3, -0.25) is 0 Å². The number of aromatic nitrogens is 2. The predicted octanol–water partition coefficient (Wildman–Crippen LogP) is 18.5. The van der Waals surface area contributed by atoms with Crippen LogP contribution in [0.5, 0.6) is 0 Å². The van der Waals surface area contributed by atoms with Crippen LogP contribution in [0.3, 0.4) is 0 Å². The lowest BCUT2D eigenvalue weighted by atomic mass is 10.0. The predicted molar refractivity (Wildman–Crippen MR) is 249 cm³/mol. The third-order valence-electron chi connectivity index (χ3n) is 12.8. The largest absolute Gasteiger partial charge is 0.256 e. The number of hydrogen-bond donors (Lipinski definition) is 0. The maximum absolute atomic E-state index is 2.66. The summed E-state index contributed by atoms with van der Waals surface area (Å²) in [7, 11) is 0. The molecule has 0 unspecified atom stereocenters. The van der Waals surface area contributed by atoms with Gasteiger partial charge in [0, 0.05) is 6.42 Å². The van der Waals surface area contributed by atoms with Gasteiger partial charge in [0.1, 0.15) is 12.4 Å². The average Bonchev–Trinajstić information content (AvgIpc) is 3.58.